The number of carboxylic acid groups (broad SMARTS) is 1. The molecule has 78 valence electrons. The van der Waals surface area contributed by atoms with Crippen molar-refractivity contribution in [2.75, 3.05) is 0 Å². The van der Waals surface area contributed by atoms with Gasteiger partial charge in [0.2, 0.25) is 0 Å². The lowest BCUT2D eigenvalue weighted by atomic mass is 10.0. The first kappa shape index (κ1) is 9.16. The third-order valence-electron chi connectivity index (χ3n) is 3.45. The molecule has 3 rings (SSSR count). The monoisotopic (exact) mass is 226 g/mol. The van der Waals surface area contributed by atoms with Crippen LogP contribution in [0.4, 0.5) is 4.39 Å². The SMILES string of the molecule is O=C(O)[C@@H]1[C@@H]2Cc3cc(F)c(Cl)cc3[C@H]21. The molecule has 3 atom stereocenters. The molecule has 2 aliphatic carbocycles. The fourth-order valence-corrected chi connectivity index (χ4v) is 2.91. The minimum Gasteiger partial charge on any atom is -0.481 e. The lowest BCUT2D eigenvalue weighted by Gasteiger charge is -2.06. The molecule has 0 radical (unpaired) electrons. The fourth-order valence-electron chi connectivity index (χ4n) is 2.73. The van der Waals surface area contributed by atoms with Crippen LogP contribution in [0.2, 0.25) is 5.02 Å². The Morgan fingerprint density at radius 2 is 2.27 bits per heavy atom. The van der Waals surface area contributed by atoms with E-state index >= 15 is 0 Å². The van der Waals surface area contributed by atoms with Gasteiger partial charge in [-0.3, -0.25) is 4.79 Å². The highest BCUT2D eigenvalue weighted by Gasteiger charge is 2.59. The quantitative estimate of drug-likeness (QED) is 0.799. The van der Waals surface area contributed by atoms with Gasteiger partial charge < -0.3 is 5.11 Å². The highest BCUT2D eigenvalue weighted by molar-refractivity contribution is 6.30. The van der Waals surface area contributed by atoms with E-state index in [1.165, 1.54) is 6.07 Å². The van der Waals surface area contributed by atoms with Gasteiger partial charge in [-0.15, -0.1) is 0 Å². The number of rotatable bonds is 1. The molecule has 0 spiro atoms. The van der Waals surface area contributed by atoms with Gasteiger partial charge in [0.05, 0.1) is 10.9 Å². The summed E-state index contributed by atoms with van der Waals surface area (Å²) in [6.45, 7) is 0. The first-order chi connectivity index (χ1) is 7.09. The Labute approximate surface area is 90.7 Å². The van der Waals surface area contributed by atoms with Crippen molar-refractivity contribution in [3.05, 3.63) is 34.1 Å². The molecule has 0 amide bonds. The predicted molar refractivity (Wildman–Crippen MR) is 52.5 cm³/mol. The van der Waals surface area contributed by atoms with Crippen LogP contribution in [-0.2, 0) is 11.2 Å². The van der Waals surface area contributed by atoms with Gasteiger partial charge in [0, 0.05) is 5.92 Å². The molecule has 0 unspecified atom stereocenters. The van der Waals surface area contributed by atoms with Gasteiger partial charge in [-0.05, 0) is 35.6 Å². The van der Waals surface area contributed by atoms with E-state index in [2.05, 4.69) is 0 Å². The summed E-state index contributed by atoms with van der Waals surface area (Å²) in [6.07, 6.45) is 0.672. The molecule has 1 aromatic rings. The number of hydrogen-bond donors (Lipinski definition) is 1. The number of benzene rings is 1. The van der Waals surface area contributed by atoms with Crippen molar-refractivity contribution in [1.29, 1.82) is 0 Å². The third-order valence-corrected chi connectivity index (χ3v) is 3.74. The van der Waals surface area contributed by atoms with Crippen molar-refractivity contribution in [3.8, 4) is 0 Å². The molecule has 0 aliphatic heterocycles. The summed E-state index contributed by atoms with van der Waals surface area (Å²) >= 11 is 5.68. The predicted octanol–water partition coefficient (Wildman–Crippen LogP) is 2.45. The maximum atomic E-state index is 13.1. The van der Waals surface area contributed by atoms with Gasteiger partial charge in [-0.1, -0.05) is 11.6 Å². The minimum atomic E-state index is -0.754. The second kappa shape index (κ2) is 2.73. The molecule has 0 bridgehead atoms. The summed E-state index contributed by atoms with van der Waals surface area (Å²) in [4.78, 5) is 10.8. The van der Waals surface area contributed by atoms with Crippen LogP contribution in [0.5, 0.6) is 0 Å². The van der Waals surface area contributed by atoms with E-state index in [-0.39, 0.29) is 22.8 Å². The van der Waals surface area contributed by atoms with E-state index in [4.69, 9.17) is 16.7 Å². The molecule has 15 heavy (non-hydrogen) atoms. The maximum absolute atomic E-state index is 13.1. The normalized spacial score (nSPS) is 30.9. The van der Waals surface area contributed by atoms with Crippen molar-refractivity contribution in [1.82, 2.24) is 0 Å². The van der Waals surface area contributed by atoms with E-state index in [0.29, 0.717) is 6.42 Å². The summed E-state index contributed by atoms with van der Waals surface area (Å²) in [6, 6.07) is 3.02. The zero-order valence-electron chi connectivity index (χ0n) is 7.71. The number of fused-ring (bicyclic) bond motifs is 3. The number of aliphatic carboxylic acids is 1. The largest absolute Gasteiger partial charge is 0.481 e. The van der Waals surface area contributed by atoms with Gasteiger partial charge >= 0.3 is 5.97 Å². The Hall–Kier alpha value is -1.09. The number of halogens is 2. The summed E-state index contributed by atoms with van der Waals surface area (Å²) in [5.41, 5.74) is 1.85. The summed E-state index contributed by atoms with van der Waals surface area (Å²) in [7, 11) is 0. The lowest BCUT2D eigenvalue weighted by Crippen LogP contribution is -2.05. The number of hydrogen-bond acceptors (Lipinski definition) is 1. The zero-order valence-corrected chi connectivity index (χ0v) is 8.46. The van der Waals surface area contributed by atoms with Crippen LogP contribution in [0.15, 0.2) is 12.1 Å². The molecule has 2 aliphatic rings. The van der Waals surface area contributed by atoms with Crippen LogP contribution >= 0.6 is 11.6 Å². The molecule has 0 aromatic heterocycles. The van der Waals surface area contributed by atoms with E-state index in [9.17, 15) is 9.18 Å². The number of carbonyl (C=O) groups is 1. The minimum absolute atomic E-state index is 0.0654. The molecule has 0 heterocycles. The Balaban J connectivity index is 2.02. The van der Waals surface area contributed by atoms with Crippen molar-refractivity contribution in [2.45, 2.75) is 12.3 Å². The second-order valence-electron chi connectivity index (χ2n) is 4.22. The Kier molecular flexibility index (Phi) is 1.67. The smallest absolute Gasteiger partial charge is 0.307 e. The number of carboxylic acids is 1. The van der Waals surface area contributed by atoms with Crippen molar-refractivity contribution in [2.24, 2.45) is 11.8 Å². The summed E-state index contributed by atoms with van der Waals surface area (Å²) in [5.74, 6) is -1.22. The average Bonchev–Trinajstić information content (AvgIpc) is 2.76. The van der Waals surface area contributed by atoms with Crippen LogP contribution in [-0.4, -0.2) is 11.1 Å². The standard InChI is InChI=1S/C11H8ClFO2/c12-7-3-5-4(2-8(7)13)1-6-9(5)10(6)11(14)15/h2-3,6,9-10H,1H2,(H,14,15)/t6-,9-,10-/m1/s1. The van der Waals surface area contributed by atoms with Gasteiger partial charge in [0.25, 0.3) is 0 Å². The van der Waals surface area contributed by atoms with E-state index in [0.717, 1.165) is 11.1 Å². The fraction of sp³-hybridized carbons (Fsp3) is 0.364. The van der Waals surface area contributed by atoms with Crippen LogP contribution in [0, 0.1) is 17.7 Å². The van der Waals surface area contributed by atoms with Gasteiger partial charge in [0.15, 0.2) is 0 Å². The highest BCUT2D eigenvalue weighted by atomic mass is 35.5. The van der Waals surface area contributed by atoms with E-state index in [1.807, 2.05) is 0 Å². The zero-order chi connectivity index (χ0) is 10.7. The van der Waals surface area contributed by atoms with E-state index in [1.54, 1.807) is 6.07 Å². The Morgan fingerprint density at radius 3 is 2.93 bits per heavy atom. The van der Waals surface area contributed by atoms with Crippen LogP contribution < -0.4 is 0 Å². The first-order valence-electron chi connectivity index (χ1n) is 4.80. The van der Waals surface area contributed by atoms with Gasteiger partial charge in [-0.25, -0.2) is 4.39 Å². The van der Waals surface area contributed by atoms with Crippen molar-refractivity contribution in [3.63, 3.8) is 0 Å². The van der Waals surface area contributed by atoms with Crippen molar-refractivity contribution >= 4 is 17.6 Å². The average molecular weight is 227 g/mol. The van der Waals surface area contributed by atoms with E-state index < -0.39 is 11.8 Å². The highest BCUT2D eigenvalue weighted by Crippen LogP contribution is 2.61. The molecular formula is C11H8ClFO2. The van der Waals surface area contributed by atoms with Crippen LogP contribution in [0.25, 0.3) is 0 Å². The molecule has 4 heteroatoms. The Bertz CT molecular complexity index is 472. The molecule has 1 fully saturated rings. The van der Waals surface area contributed by atoms with Gasteiger partial charge in [-0.2, -0.15) is 0 Å². The molecule has 1 saturated carbocycles. The third kappa shape index (κ3) is 1.13. The lowest BCUT2D eigenvalue weighted by molar-refractivity contribution is -0.139. The molecule has 1 aromatic carbocycles. The molecule has 1 N–H and O–H groups in total. The molecule has 2 nitrogen and oxygen atoms in total. The van der Waals surface area contributed by atoms with Crippen molar-refractivity contribution < 1.29 is 14.3 Å². The molecule has 0 saturated heterocycles. The topological polar surface area (TPSA) is 37.3 Å². The maximum Gasteiger partial charge on any atom is 0.307 e. The molecular weight excluding hydrogens is 219 g/mol. The van der Waals surface area contributed by atoms with Gasteiger partial charge in [0.1, 0.15) is 5.82 Å². The Morgan fingerprint density at radius 1 is 1.53 bits per heavy atom. The second-order valence-corrected chi connectivity index (χ2v) is 4.63. The van der Waals surface area contributed by atoms with Crippen LogP contribution in [0.3, 0.4) is 0 Å². The van der Waals surface area contributed by atoms with Crippen LogP contribution in [0.1, 0.15) is 17.0 Å². The summed E-state index contributed by atoms with van der Waals surface area (Å²) < 4.78 is 13.1. The summed E-state index contributed by atoms with van der Waals surface area (Å²) in [5, 5.41) is 8.99. The first-order valence-corrected chi connectivity index (χ1v) is 5.18.